The molecule has 5 heteroatoms. The lowest BCUT2D eigenvalue weighted by Crippen LogP contribution is -2.22. The average molecular weight is 247 g/mol. The Balaban J connectivity index is 0. The molecule has 0 radical (unpaired) electrons. The summed E-state index contributed by atoms with van der Waals surface area (Å²) in [4.78, 5) is 21.5. The third-order valence-corrected chi connectivity index (χ3v) is 1.87. The number of esters is 2. The zero-order valence-electron chi connectivity index (χ0n) is 11.3. The van der Waals surface area contributed by atoms with Crippen molar-refractivity contribution >= 4 is 11.9 Å². The second-order valence-corrected chi connectivity index (χ2v) is 3.28. The van der Waals surface area contributed by atoms with Gasteiger partial charge in [0.2, 0.25) is 0 Å². The van der Waals surface area contributed by atoms with Crippen molar-refractivity contribution in [3.05, 3.63) is 0 Å². The first kappa shape index (κ1) is 18.3. The average Bonchev–Trinajstić information content (AvgIpc) is 2.34. The van der Waals surface area contributed by atoms with E-state index in [0.29, 0.717) is 19.4 Å². The fraction of sp³-hybridized carbons (Fsp3) is 0.833. The summed E-state index contributed by atoms with van der Waals surface area (Å²) in [7, 11) is 0. The van der Waals surface area contributed by atoms with Crippen LogP contribution in [0.15, 0.2) is 0 Å². The largest absolute Gasteiger partial charge is 0.465 e. The fourth-order valence-electron chi connectivity index (χ4n) is 0.999. The summed E-state index contributed by atoms with van der Waals surface area (Å²) in [5.41, 5.74) is 5.39. The molecule has 102 valence electrons. The van der Waals surface area contributed by atoms with E-state index in [1.165, 1.54) is 6.92 Å². The molecule has 2 N–H and O–H groups in total. The number of carbonyl (C=O) groups excluding carboxylic acids is 2. The summed E-state index contributed by atoms with van der Waals surface area (Å²) >= 11 is 0. The van der Waals surface area contributed by atoms with Crippen LogP contribution in [0.2, 0.25) is 0 Å². The van der Waals surface area contributed by atoms with Crippen LogP contribution in [0.1, 0.15) is 40.5 Å². The minimum absolute atomic E-state index is 0.00519. The predicted octanol–water partition coefficient (Wildman–Crippen LogP) is 1.49. The van der Waals surface area contributed by atoms with Gasteiger partial charge in [0, 0.05) is 19.3 Å². The highest BCUT2D eigenvalue weighted by molar-refractivity contribution is 5.68. The standard InChI is InChI=1S/C10H19NO4.C2H6/c1-3-10(13)15-7-9(4-5-11)6-14-8(2)12;1-2/h9H,3-7,11H2,1-2H3;1-2H3. The van der Waals surface area contributed by atoms with Crippen molar-refractivity contribution in [1.82, 2.24) is 0 Å². The minimum Gasteiger partial charge on any atom is -0.465 e. The molecule has 0 saturated carbocycles. The van der Waals surface area contributed by atoms with Gasteiger partial charge in [-0.1, -0.05) is 20.8 Å². The van der Waals surface area contributed by atoms with Crippen LogP contribution < -0.4 is 5.73 Å². The molecule has 17 heavy (non-hydrogen) atoms. The van der Waals surface area contributed by atoms with E-state index in [1.807, 2.05) is 13.8 Å². The van der Waals surface area contributed by atoms with E-state index in [2.05, 4.69) is 0 Å². The van der Waals surface area contributed by atoms with Crippen molar-refractivity contribution in [2.45, 2.75) is 40.5 Å². The van der Waals surface area contributed by atoms with Crippen LogP contribution in [0.25, 0.3) is 0 Å². The van der Waals surface area contributed by atoms with Gasteiger partial charge in [-0.2, -0.15) is 0 Å². The Hall–Kier alpha value is -1.10. The third kappa shape index (κ3) is 12.8. The van der Waals surface area contributed by atoms with Gasteiger partial charge in [0.1, 0.15) is 0 Å². The topological polar surface area (TPSA) is 78.6 Å². The van der Waals surface area contributed by atoms with Crippen LogP contribution in [-0.2, 0) is 19.1 Å². The zero-order valence-corrected chi connectivity index (χ0v) is 11.3. The maximum atomic E-state index is 10.9. The summed E-state index contributed by atoms with van der Waals surface area (Å²) in [6.07, 6.45) is 1.02. The lowest BCUT2D eigenvalue weighted by Gasteiger charge is -2.15. The van der Waals surface area contributed by atoms with E-state index < -0.39 is 0 Å². The SMILES string of the molecule is CC.CCC(=O)OCC(CCN)COC(C)=O. The number of ether oxygens (including phenoxy) is 2. The Morgan fingerprint density at radius 3 is 2.12 bits per heavy atom. The molecule has 0 aromatic rings. The first-order valence-electron chi connectivity index (χ1n) is 6.09. The lowest BCUT2D eigenvalue weighted by molar-refractivity contribution is -0.147. The van der Waals surface area contributed by atoms with E-state index >= 15 is 0 Å². The van der Waals surface area contributed by atoms with Crippen LogP contribution in [0.5, 0.6) is 0 Å². The normalized spacial score (nSPS) is 10.9. The van der Waals surface area contributed by atoms with Gasteiger partial charge in [0.15, 0.2) is 0 Å². The zero-order chi connectivity index (χ0) is 13.7. The molecular formula is C12H25NO4. The Bertz CT molecular complexity index is 207. The molecule has 0 heterocycles. The van der Waals surface area contributed by atoms with Gasteiger partial charge < -0.3 is 15.2 Å². The second kappa shape index (κ2) is 13.0. The van der Waals surface area contributed by atoms with Crippen molar-refractivity contribution in [1.29, 1.82) is 0 Å². The van der Waals surface area contributed by atoms with Crippen LogP contribution in [0, 0.1) is 5.92 Å². The quantitative estimate of drug-likeness (QED) is 0.690. The minimum atomic E-state index is -0.334. The monoisotopic (exact) mass is 247 g/mol. The number of hydrogen-bond acceptors (Lipinski definition) is 5. The smallest absolute Gasteiger partial charge is 0.305 e. The molecule has 0 aromatic heterocycles. The second-order valence-electron chi connectivity index (χ2n) is 3.28. The highest BCUT2D eigenvalue weighted by Crippen LogP contribution is 2.04. The van der Waals surface area contributed by atoms with Crippen molar-refractivity contribution < 1.29 is 19.1 Å². The summed E-state index contributed by atoms with van der Waals surface area (Å²) in [5, 5.41) is 0. The molecule has 0 saturated heterocycles. The van der Waals surface area contributed by atoms with Gasteiger partial charge in [0.25, 0.3) is 0 Å². The van der Waals surface area contributed by atoms with Gasteiger partial charge in [-0.25, -0.2) is 0 Å². The molecule has 0 fully saturated rings. The van der Waals surface area contributed by atoms with Crippen molar-refractivity contribution in [3.8, 4) is 0 Å². The van der Waals surface area contributed by atoms with Gasteiger partial charge in [-0.05, 0) is 13.0 Å². The Morgan fingerprint density at radius 1 is 1.18 bits per heavy atom. The van der Waals surface area contributed by atoms with Gasteiger partial charge >= 0.3 is 11.9 Å². The van der Waals surface area contributed by atoms with Crippen molar-refractivity contribution in [2.75, 3.05) is 19.8 Å². The Labute approximate surface area is 104 Å². The first-order valence-corrected chi connectivity index (χ1v) is 6.09. The summed E-state index contributed by atoms with van der Waals surface area (Å²) in [5.74, 6) is -0.590. The number of hydrogen-bond donors (Lipinski definition) is 1. The maximum absolute atomic E-state index is 10.9. The molecule has 0 aliphatic heterocycles. The molecule has 0 aliphatic carbocycles. The van der Waals surface area contributed by atoms with Crippen LogP contribution in [-0.4, -0.2) is 31.7 Å². The Morgan fingerprint density at radius 2 is 1.71 bits per heavy atom. The maximum Gasteiger partial charge on any atom is 0.305 e. The summed E-state index contributed by atoms with van der Waals surface area (Å²) in [6.45, 7) is 8.07. The third-order valence-electron chi connectivity index (χ3n) is 1.87. The number of nitrogens with two attached hydrogens (primary N) is 1. The Kier molecular flexibility index (Phi) is 13.9. The molecule has 0 aromatic carbocycles. The number of carbonyl (C=O) groups is 2. The number of rotatable bonds is 7. The molecule has 1 atom stereocenters. The van der Waals surface area contributed by atoms with Gasteiger partial charge in [0.05, 0.1) is 13.2 Å². The van der Waals surface area contributed by atoms with Crippen LogP contribution >= 0.6 is 0 Å². The van der Waals surface area contributed by atoms with E-state index in [1.54, 1.807) is 6.92 Å². The fourth-order valence-corrected chi connectivity index (χ4v) is 0.999. The van der Waals surface area contributed by atoms with E-state index in [-0.39, 0.29) is 31.1 Å². The van der Waals surface area contributed by atoms with E-state index in [9.17, 15) is 9.59 Å². The van der Waals surface area contributed by atoms with E-state index in [4.69, 9.17) is 15.2 Å². The van der Waals surface area contributed by atoms with Gasteiger partial charge in [-0.15, -0.1) is 0 Å². The molecule has 0 amide bonds. The van der Waals surface area contributed by atoms with E-state index in [0.717, 1.165) is 0 Å². The molecular weight excluding hydrogens is 222 g/mol. The lowest BCUT2D eigenvalue weighted by atomic mass is 10.1. The molecule has 0 bridgehead atoms. The first-order chi connectivity index (χ1) is 8.10. The van der Waals surface area contributed by atoms with Crippen molar-refractivity contribution in [2.24, 2.45) is 11.7 Å². The summed E-state index contributed by atoms with van der Waals surface area (Å²) in [6, 6.07) is 0. The molecule has 0 aliphatic rings. The van der Waals surface area contributed by atoms with Crippen LogP contribution in [0.3, 0.4) is 0 Å². The predicted molar refractivity (Wildman–Crippen MR) is 66.4 cm³/mol. The highest BCUT2D eigenvalue weighted by Gasteiger charge is 2.12. The summed E-state index contributed by atoms with van der Waals surface area (Å²) < 4.78 is 9.79. The molecule has 0 rings (SSSR count). The van der Waals surface area contributed by atoms with Crippen LogP contribution in [0.4, 0.5) is 0 Å². The molecule has 0 spiro atoms. The molecule has 1 unspecified atom stereocenters. The van der Waals surface area contributed by atoms with Crippen molar-refractivity contribution in [3.63, 3.8) is 0 Å². The van der Waals surface area contributed by atoms with Gasteiger partial charge in [-0.3, -0.25) is 9.59 Å². The highest BCUT2D eigenvalue weighted by atomic mass is 16.5. The molecule has 5 nitrogen and oxygen atoms in total.